The van der Waals surface area contributed by atoms with E-state index in [2.05, 4.69) is 12.2 Å². The van der Waals surface area contributed by atoms with Crippen molar-refractivity contribution in [3.8, 4) is 11.5 Å². The van der Waals surface area contributed by atoms with Crippen LogP contribution in [-0.4, -0.2) is 33.0 Å². The number of hydrogen-bond donors (Lipinski definition) is 1. The van der Waals surface area contributed by atoms with Gasteiger partial charge in [0.05, 0.1) is 26.4 Å². The minimum absolute atomic E-state index is 0.254. The van der Waals surface area contributed by atoms with Gasteiger partial charge in [0, 0.05) is 23.7 Å². The topological polar surface area (TPSA) is 39.7 Å². The molecule has 1 aliphatic heterocycles. The smallest absolute Gasteiger partial charge is 0.163 e. The van der Waals surface area contributed by atoms with Gasteiger partial charge in [0.25, 0.3) is 0 Å². The van der Waals surface area contributed by atoms with Crippen molar-refractivity contribution < 1.29 is 14.2 Å². The largest absolute Gasteiger partial charge is 0.490 e. The zero-order valence-electron chi connectivity index (χ0n) is 12.0. The fourth-order valence-electron chi connectivity index (χ4n) is 2.03. The van der Waals surface area contributed by atoms with E-state index in [4.69, 9.17) is 14.2 Å². The van der Waals surface area contributed by atoms with E-state index in [1.807, 2.05) is 32.0 Å². The first-order chi connectivity index (χ1) is 9.17. The summed E-state index contributed by atoms with van der Waals surface area (Å²) in [6, 6.07) is 5.98. The lowest BCUT2D eigenvalue weighted by Crippen LogP contribution is -2.45. The Labute approximate surface area is 115 Å². The molecule has 0 radical (unpaired) electrons. The van der Waals surface area contributed by atoms with Gasteiger partial charge in [-0.1, -0.05) is 6.92 Å². The van der Waals surface area contributed by atoms with E-state index in [-0.39, 0.29) is 5.41 Å². The van der Waals surface area contributed by atoms with Gasteiger partial charge in [0.15, 0.2) is 11.5 Å². The summed E-state index contributed by atoms with van der Waals surface area (Å²) in [6.45, 7) is 10.0. The van der Waals surface area contributed by atoms with Gasteiger partial charge in [-0.25, -0.2) is 0 Å². The van der Waals surface area contributed by atoms with Crippen LogP contribution in [0, 0.1) is 5.41 Å². The molecule has 0 aliphatic carbocycles. The quantitative estimate of drug-likeness (QED) is 0.823. The fourth-order valence-corrected chi connectivity index (χ4v) is 2.03. The first kappa shape index (κ1) is 14.0. The van der Waals surface area contributed by atoms with Crippen LogP contribution in [0.2, 0.25) is 0 Å². The standard InChI is InChI=1S/C15H23NO3/c1-4-18-13-7-6-12(8-14(13)19-5-2)16-9-15(3)10-17-11-15/h6-8,16H,4-5,9-11H2,1-3H3. The number of anilines is 1. The second kappa shape index (κ2) is 6.15. The molecule has 1 N–H and O–H groups in total. The van der Waals surface area contributed by atoms with Crippen molar-refractivity contribution in [2.45, 2.75) is 20.8 Å². The molecule has 19 heavy (non-hydrogen) atoms. The summed E-state index contributed by atoms with van der Waals surface area (Å²) in [5.74, 6) is 1.59. The summed E-state index contributed by atoms with van der Waals surface area (Å²) in [5.41, 5.74) is 1.31. The van der Waals surface area contributed by atoms with Gasteiger partial charge in [-0.2, -0.15) is 0 Å². The van der Waals surface area contributed by atoms with Crippen molar-refractivity contribution in [3.63, 3.8) is 0 Å². The predicted molar refractivity (Wildman–Crippen MR) is 76.2 cm³/mol. The average molecular weight is 265 g/mol. The maximum absolute atomic E-state index is 5.61. The van der Waals surface area contributed by atoms with E-state index in [1.54, 1.807) is 0 Å². The molecular weight excluding hydrogens is 242 g/mol. The number of nitrogens with one attached hydrogen (secondary N) is 1. The van der Waals surface area contributed by atoms with Crippen molar-refractivity contribution >= 4 is 5.69 Å². The van der Waals surface area contributed by atoms with Crippen LogP contribution in [0.1, 0.15) is 20.8 Å². The fraction of sp³-hybridized carbons (Fsp3) is 0.600. The second-order valence-corrected chi connectivity index (χ2v) is 5.18. The summed E-state index contributed by atoms with van der Waals surface area (Å²) in [4.78, 5) is 0. The minimum Gasteiger partial charge on any atom is -0.490 e. The third-order valence-corrected chi connectivity index (χ3v) is 3.16. The molecule has 4 heteroatoms. The molecule has 1 heterocycles. The second-order valence-electron chi connectivity index (χ2n) is 5.18. The lowest BCUT2D eigenvalue weighted by molar-refractivity contribution is -0.0924. The molecule has 1 fully saturated rings. The first-order valence-electron chi connectivity index (χ1n) is 6.88. The Bertz CT molecular complexity index is 416. The lowest BCUT2D eigenvalue weighted by Gasteiger charge is -2.38. The Balaban J connectivity index is 2.02. The molecule has 4 nitrogen and oxygen atoms in total. The van der Waals surface area contributed by atoms with Crippen LogP contribution in [-0.2, 0) is 4.74 Å². The van der Waals surface area contributed by atoms with E-state index in [0.29, 0.717) is 13.2 Å². The van der Waals surface area contributed by atoms with Crippen LogP contribution in [0.15, 0.2) is 18.2 Å². The summed E-state index contributed by atoms with van der Waals surface area (Å²) in [6.07, 6.45) is 0. The third-order valence-electron chi connectivity index (χ3n) is 3.16. The van der Waals surface area contributed by atoms with Gasteiger partial charge >= 0.3 is 0 Å². The SMILES string of the molecule is CCOc1ccc(NCC2(C)COC2)cc1OCC. The molecular formula is C15H23NO3. The van der Waals surface area contributed by atoms with Gasteiger partial charge in [0.2, 0.25) is 0 Å². The van der Waals surface area contributed by atoms with Crippen LogP contribution >= 0.6 is 0 Å². The molecule has 1 saturated heterocycles. The summed E-state index contributed by atoms with van der Waals surface area (Å²) in [5, 5.41) is 3.44. The van der Waals surface area contributed by atoms with Gasteiger partial charge in [-0.15, -0.1) is 0 Å². The van der Waals surface area contributed by atoms with Crippen LogP contribution < -0.4 is 14.8 Å². The maximum Gasteiger partial charge on any atom is 0.163 e. The van der Waals surface area contributed by atoms with Crippen molar-refractivity contribution in [1.82, 2.24) is 0 Å². The number of ether oxygens (including phenoxy) is 3. The Morgan fingerprint density at radius 2 is 1.84 bits per heavy atom. The maximum atomic E-state index is 5.61. The molecule has 106 valence electrons. The highest BCUT2D eigenvalue weighted by molar-refractivity contribution is 5.55. The highest BCUT2D eigenvalue weighted by Crippen LogP contribution is 2.32. The molecule has 0 saturated carbocycles. The molecule has 0 spiro atoms. The van der Waals surface area contributed by atoms with E-state index in [0.717, 1.165) is 36.9 Å². The van der Waals surface area contributed by atoms with E-state index in [1.165, 1.54) is 0 Å². The molecule has 0 atom stereocenters. The Morgan fingerprint density at radius 3 is 2.42 bits per heavy atom. The Hall–Kier alpha value is -1.42. The third kappa shape index (κ3) is 3.53. The molecule has 0 amide bonds. The summed E-state index contributed by atoms with van der Waals surface area (Å²) >= 11 is 0. The predicted octanol–water partition coefficient (Wildman–Crippen LogP) is 2.93. The van der Waals surface area contributed by atoms with Crippen LogP contribution in [0.25, 0.3) is 0 Å². The number of benzene rings is 1. The summed E-state index contributed by atoms with van der Waals surface area (Å²) in [7, 11) is 0. The highest BCUT2D eigenvalue weighted by Gasteiger charge is 2.32. The first-order valence-corrected chi connectivity index (χ1v) is 6.88. The van der Waals surface area contributed by atoms with Gasteiger partial charge in [-0.05, 0) is 26.0 Å². The monoisotopic (exact) mass is 265 g/mol. The normalized spacial score (nSPS) is 16.6. The Kier molecular flexibility index (Phi) is 4.53. The zero-order chi connectivity index (χ0) is 13.7. The molecule has 2 rings (SSSR count). The van der Waals surface area contributed by atoms with Crippen molar-refractivity contribution in [3.05, 3.63) is 18.2 Å². The highest BCUT2D eigenvalue weighted by atomic mass is 16.5. The van der Waals surface area contributed by atoms with Crippen molar-refractivity contribution in [2.24, 2.45) is 5.41 Å². The molecule has 1 aromatic rings. The van der Waals surface area contributed by atoms with Crippen LogP contribution in [0.3, 0.4) is 0 Å². The van der Waals surface area contributed by atoms with Gasteiger partial charge < -0.3 is 19.5 Å². The molecule has 1 aromatic carbocycles. The number of rotatable bonds is 7. The van der Waals surface area contributed by atoms with Crippen molar-refractivity contribution in [2.75, 3.05) is 38.3 Å². The molecule has 0 unspecified atom stereocenters. The van der Waals surface area contributed by atoms with Crippen LogP contribution in [0.5, 0.6) is 11.5 Å². The zero-order valence-corrected chi connectivity index (χ0v) is 12.0. The van der Waals surface area contributed by atoms with Gasteiger partial charge in [-0.3, -0.25) is 0 Å². The molecule has 1 aliphatic rings. The van der Waals surface area contributed by atoms with Gasteiger partial charge in [0.1, 0.15) is 0 Å². The molecule has 0 aromatic heterocycles. The van der Waals surface area contributed by atoms with E-state index in [9.17, 15) is 0 Å². The Morgan fingerprint density at radius 1 is 1.16 bits per heavy atom. The van der Waals surface area contributed by atoms with Crippen molar-refractivity contribution in [1.29, 1.82) is 0 Å². The number of hydrogen-bond acceptors (Lipinski definition) is 4. The molecule has 0 bridgehead atoms. The average Bonchev–Trinajstić information content (AvgIpc) is 2.37. The van der Waals surface area contributed by atoms with E-state index >= 15 is 0 Å². The minimum atomic E-state index is 0.254. The summed E-state index contributed by atoms with van der Waals surface area (Å²) < 4.78 is 16.4. The lowest BCUT2D eigenvalue weighted by atomic mass is 9.89. The van der Waals surface area contributed by atoms with E-state index < -0.39 is 0 Å². The van der Waals surface area contributed by atoms with Crippen LogP contribution in [0.4, 0.5) is 5.69 Å².